The van der Waals surface area contributed by atoms with Gasteiger partial charge in [-0.1, -0.05) is 0 Å². The van der Waals surface area contributed by atoms with Gasteiger partial charge in [0.25, 0.3) is 0 Å². The van der Waals surface area contributed by atoms with Crippen LogP contribution in [0.1, 0.15) is 43.0 Å². The number of rotatable bonds is 4. The summed E-state index contributed by atoms with van der Waals surface area (Å²) in [5.74, 6) is -0.145. The molecule has 0 spiro atoms. The van der Waals surface area contributed by atoms with Gasteiger partial charge in [-0.25, -0.2) is 0 Å². The Morgan fingerprint density at radius 2 is 1.17 bits per heavy atom. The van der Waals surface area contributed by atoms with E-state index in [2.05, 4.69) is 4.18 Å². The van der Waals surface area contributed by atoms with Gasteiger partial charge in [-0.2, -0.15) is 21.6 Å². The lowest BCUT2D eigenvalue weighted by molar-refractivity contribution is -0.0500. The van der Waals surface area contributed by atoms with E-state index in [1.165, 1.54) is 26.0 Å². The summed E-state index contributed by atoms with van der Waals surface area (Å²) in [6.45, 7) is 6.24. The largest absolute Gasteiger partial charge is 0.534 e. The lowest BCUT2D eigenvalue weighted by Gasteiger charge is -2.13. The van der Waals surface area contributed by atoms with Crippen LogP contribution in [0.3, 0.4) is 0 Å². The van der Waals surface area contributed by atoms with Gasteiger partial charge >= 0.3 is 15.6 Å². The predicted octanol–water partition coefficient (Wildman–Crippen LogP) is 4.17. The molecule has 2 aromatic rings. The number of aryl methyl sites for hydroxylation is 4. The maximum atomic E-state index is 12.2. The van der Waals surface area contributed by atoms with Crippen molar-refractivity contribution in [2.45, 2.75) is 33.2 Å². The molecule has 0 unspecified atom stereocenters. The highest BCUT2D eigenvalue weighted by Crippen LogP contribution is 2.31. The molecule has 0 saturated carbocycles. The van der Waals surface area contributed by atoms with Crippen molar-refractivity contribution in [1.29, 1.82) is 0 Å². The first kappa shape index (κ1) is 24.2. The Hall–Kier alpha value is -2.88. The molecule has 158 valence electrons. The van der Waals surface area contributed by atoms with E-state index in [0.717, 1.165) is 17.4 Å². The minimum absolute atomic E-state index is 0.130. The molecule has 2 aromatic carbocycles. The monoisotopic (exact) mass is 432 g/mol. The molecule has 0 fully saturated rings. The molecule has 0 aliphatic heterocycles. The maximum Gasteiger partial charge on any atom is 0.534 e. The van der Waals surface area contributed by atoms with Gasteiger partial charge in [0.1, 0.15) is 24.1 Å². The van der Waals surface area contributed by atoms with E-state index in [-0.39, 0.29) is 22.4 Å². The molecule has 0 aromatic heterocycles. The standard InChI is InChI=1S/C10H9F3O4S.C9H10O2/c1-6-3-8(5-14)4-7(2)9(6)17-18(15,16)10(11,12)13;1-6-3-8(5-10)4-7(2)9(6)11/h3-5H,1-2H3;3-5,11H,1-2H3. The van der Waals surface area contributed by atoms with Gasteiger partial charge in [-0.15, -0.1) is 0 Å². The molecule has 10 heteroatoms. The van der Waals surface area contributed by atoms with E-state index in [0.29, 0.717) is 11.8 Å². The summed E-state index contributed by atoms with van der Waals surface area (Å²) in [6.07, 6.45) is 1.28. The van der Waals surface area contributed by atoms with Crippen LogP contribution in [0.4, 0.5) is 13.2 Å². The Labute approximate surface area is 166 Å². The van der Waals surface area contributed by atoms with Gasteiger partial charge < -0.3 is 9.29 Å². The number of aldehydes is 2. The molecule has 0 aliphatic carbocycles. The van der Waals surface area contributed by atoms with Gasteiger partial charge in [-0.3, -0.25) is 9.59 Å². The highest BCUT2D eigenvalue weighted by molar-refractivity contribution is 7.88. The Kier molecular flexibility index (Phi) is 7.56. The summed E-state index contributed by atoms with van der Waals surface area (Å²) in [7, 11) is -5.70. The fraction of sp³-hybridized carbons (Fsp3) is 0.263. The van der Waals surface area contributed by atoms with E-state index < -0.39 is 21.4 Å². The number of alkyl halides is 3. The maximum absolute atomic E-state index is 12.2. The Morgan fingerprint density at radius 1 is 0.828 bits per heavy atom. The summed E-state index contributed by atoms with van der Waals surface area (Å²) in [5.41, 5.74) is -2.91. The first-order valence-corrected chi connectivity index (χ1v) is 9.47. The second-order valence-corrected chi connectivity index (χ2v) is 7.74. The van der Waals surface area contributed by atoms with Crippen LogP contribution in [-0.4, -0.2) is 31.6 Å². The normalized spacial score (nSPS) is 11.3. The van der Waals surface area contributed by atoms with Crippen molar-refractivity contribution in [3.8, 4) is 11.5 Å². The summed E-state index contributed by atoms with van der Waals surface area (Å²) < 4.78 is 62.3. The van der Waals surface area contributed by atoms with Crippen LogP contribution in [0, 0.1) is 27.7 Å². The molecule has 0 saturated heterocycles. The van der Waals surface area contributed by atoms with E-state index in [4.69, 9.17) is 0 Å². The van der Waals surface area contributed by atoms with Gasteiger partial charge in [0, 0.05) is 11.1 Å². The molecular formula is C19H19F3O6S. The number of aromatic hydroxyl groups is 1. The fourth-order valence-corrected chi connectivity index (χ4v) is 2.97. The number of phenols is 1. The number of benzene rings is 2. The fourth-order valence-electron chi connectivity index (χ4n) is 2.40. The number of hydrogen-bond donors (Lipinski definition) is 1. The average molecular weight is 432 g/mol. The van der Waals surface area contributed by atoms with Gasteiger partial charge in [0.15, 0.2) is 0 Å². The van der Waals surface area contributed by atoms with Crippen LogP contribution in [0.15, 0.2) is 24.3 Å². The SMILES string of the molecule is Cc1cc(C=O)cc(C)c1O.Cc1cc(C=O)cc(C)c1OS(=O)(=O)C(F)(F)F. The number of carbonyl (C=O) groups excluding carboxylic acids is 2. The average Bonchev–Trinajstić information content (AvgIpc) is 2.61. The van der Waals surface area contributed by atoms with Crippen molar-refractivity contribution in [3.05, 3.63) is 57.6 Å². The molecule has 0 amide bonds. The lowest BCUT2D eigenvalue weighted by Crippen LogP contribution is -2.28. The highest BCUT2D eigenvalue weighted by atomic mass is 32.2. The second-order valence-electron chi connectivity index (χ2n) is 6.21. The minimum Gasteiger partial charge on any atom is -0.507 e. The third-order valence-electron chi connectivity index (χ3n) is 3.74. The molecule has 0 aliphatic rings. The van der Waals surface area contributed by atoms with Crippen molar-refractivity contribution in [3.63, 3.8) is 0 Å². The van der Waals surface area contributed by atoms with Gasteiger partial charge in [0.2, 0.25) is 0 Å². The molecular weight excluding hydrogens is 413 g/mol. The Morgan fingerprint density at radius 3 is 1.48 bits per heavy atom. The molecule has 0 heterocycles. The third-order valence-corrected chi connectivity index (χ3v) is 4.70. The van der Waals surface area contributed by atoms with Crippen LogP contribution in [-0.2, 0) is 10.1 Å². The smallest absolute Gasteiger partial charge is 0.507 e. The molecule has 0 atom stereocenters. The van der Waals surface area contributed by atoms with Crippen molar-refractivity contribution in [2.75, 3.05) is 0 Å². The van der Waals surface area contributed by atoms with Crippen LogP contribution in [0.25, 0.3) is 0 Å². The van der Waals surface area contributed by atoms with E-state index >= 15 is 0 Å². The molecule has 0 radical (unpaired) electrons. The molecule has 1 N–H and O–H groups in total. The third kappa shape index (κ3) is 6.05. The minimum atomic E-state index is -5.70. The quantitative estimate of drug-likeness (QED) is 0.443. The summed E-state index contributed by atoms with van der Waals surface area (Å²) >= 11 is 0. The molecule has 2 rings (SSSR count). The predicted molar refractivity (Wildman–Crippen MR) is 99.9 cm³/mol. The van der Waals surface area contributed by atoms with Crippen LogP contribution < -0.4 is 4.18 Å². The van der Waals surface area contributed by atoms with Crippen molar-refractivity contribution in [1.82, 2.24) is 0 Å². The van der Waals surface area contributed by atoms with E-state index in [1.54, 1.807) is 26.0 Å². The van der Waals surface area contributed by atoms with Crippen molar-refractivity contribution in [2.24, 2.45) is 0 Å². The molecule has 6 nitrogen and oxygen atoms in total. The topological polar surface area (TPSA) is 97.7 Å². The van der Waals surface area contributed by atoms with Crippen molar-refractivity contribution >= 4 is 22.7 Å². The first-order valence-electron chi connectivity index (χ1n) is 8.06. The zero-order valence-electron chi connectivity index (χ0n) is 16.0. The number of hydrogen-bond acceptors (Lipinski definition) is 6. The van der Waals surface area contributed by atoms with E-state index in [9.17, 15) is 36.3 Å². The van der Waals surface area contributed by atoms with Crippen LogP contribution in [0.5, 0.6) is 11.5 Å². The van der Waals surface area contributed by atoms with Gasteiger partial charge in [-0.05, 0) is 74.2 Å². The van der Waals surface area contributed by atoms with Gasteiger partial charge in [0.05, 0.1) is 0 Å². The second kappa shape index (κ2) is 9.08. The van der Waals surface area contributed by atoms with Crippen LogP contribution >= 0.6 is 0 Å². The van der Waals surface area contributed by atoms with Crippen LogP contribution in [0.2, 0.25) is 0 Å². The first-order chi connectivity index (χ1) is 13.2. The number of halogens is 3. The summed E-state index contributed by atoms with van der Waals surface area (Å²) in [4.78, 5) is 20.9. The zero-order valence-corrected chi connectivity index (χ0v) is 16.8. The van der Waals surface area contributed by atoms with Crippen molar-refractivity contribution < 1.29 is 40.5 Å². The summed E-state index contributed by atoms with van der Waals surface area (Å²) in [5, 5.41) is 9.31. The number of carbonyl (C=O) groups is 2. The Bertz CT molecular complexity index is 981. The number of phenolic OH excluding ortho intramolecular Hbond substituents is 1. The molecule has 0 bridgehead atoms. The zero-order chi connectivity index (χ0) is 22.6. The Balaban J connectivity index is 0.000000326. The lowest BCUT2D eigenvalue weighted by atomic mass is 10.1. The van der Waals surface area contributed by atoms with E-state index in [1.807, 2.05) is 0 Å². The highest BCUT2D eigenvalue weighted by Gasteiger charge is 2.48. The molecule has 29 heavy (non-hydrogen) atoms. The summed E-state index contributed by atoms with van der Waals surface area (Å²) in [6, 6.07) is 5.80.